The number of nitrogens with one attached hydrogen (secondary N) is 2. The Labute approximate surface area is 123 Å². The van der Waals surface area contributed by atoms with E-state index < -0.39 is 0 Å². The number of benzene rings is 1. The standard InChI is InChI=1S/C15H20FN5/c1-17-9-11-3-2-8-21(10-11)15-18-14(19-20-15)12-4-6-13(16)7-5-12/h4-7,11,17H,2-3,8-10H2,1H3,(H,18,19,20). The number of anilines is 1. The van der Waals surface area contributed by atoms with Gasteiger partial charge in [0.25, 0.3) is 0 Å². The summed E-state index contributed by atoms with van der Waals surface area (Å²) in [5.41, 5.74) is 0.846. The molecule has 1 fully saturated rings. The molecule has 1 aromatic heterocycles. The Bertz CT molecular complexity index is 578. The third-order valence-corrected chi connectivity index (χ3v) is 3.89. The van der Waals surface area contributed by atoms with Gasteiger partial charge in [-0.15, -0.1) is 5.10 Å². The second kappa shape index (κ2) is 6.22. The predicted molar refractivity (Wildman–Crippen MR) is 80.6 cm³/mol. The Morgan fingerprint density at radius 2 is 2.19 bits per heavy atom. The maximum Gasteiger partial charge on any atom is 0.245 e. The summed E-state index contributed by atoms with van der Waals surface area (Å²) in [6.07, 6.45) is 2.40. The second-order valence-corrected chi connectivity index (χ2v) is 5.50. The zero-order valence-corrected chi connectivity index (χ0v) is 12.1. The van der Waals surface area contributed by atoms with Gasteiger partial charge < -0.3 is 10.2 Å². The van der Waals surface area contributed by atoms with E-state index in [-0.39, 0.29) is 5.82 Å². The van der Waals surface area contributed by atoms with E-state index in [9.17, 15) is 4.39 Å². The fraction of sp³-hybridized carbons (Fsp3) is 0.467. The number of piperidine rings is 1. The SMILES string of the molecule is CNCC1CCCN(c2n[nH]c(-c3ccc(F)cc3)n2)C1. The third kappa shape index (κ3) is 3.21. The average molecular weight is 289 g/mol. The monoisotopic (exact) mass is 289 g/mol. The van der Waals surface area contributed by atoms with E-state index >= 15 is 0 Å². The van der Waals surface area contributed by atoms with Crippen LogP contribution in [0, 0.1) is 11.7 Å². The van der Waals surface area contributed by atoms with Crippen molar-refractivity contribution in [2.45, 2.75) is 12.8 Å². The van der Waals surface area contributed by atoms with Crippen LogP contribution in [0.4, 0.5) is 10.3 Å². The van der Waals surface area contributed by atoms with Crippen LogP contribution in [0.25, 0.3) is 11.4 Å². The van der Waals surface area contributed by atoms with E-state index in [1.54, 1.807) is 12.1 Å². The van der Waals surface area contributed by atoms with Crippen LogP contribution in [0.5, 0.6) is 0 Å². The Morgan fingerprint density at radius 1 is 1.38 bits per heavy atom. The number of hydrogen-bond donors (Lipinski definition) is 2. The lowest BCUT2D eigenvalue weighted by molar-refractivity contribution is 0.399. The first-order valence-electron chi connectivity index (χ1n) is 7.34. The summed E-state index contributed by atoms with van der Waals surface area (Å²) in [6.45, 7) is 2.98. The molecule has 21 heavy (non-hydrogen) atoms. The number of H-pyrrole nitrogens is 1. The molecule has 2 N–H and O–H groups in total. The van der Waals surface area contributed by atoms with Gasteiger partial charge in [-0.1, -0.05) is 0 Å². The first kappa shape index (κ1) is 14.0. The molecule has 0 aliphatic carbocycles. The van der Waals surface area contributed by atoms with Crippen LogP contribution in [0.2, 0.25) is 0 Å². The summed E-state index contributed by atoms with van der Waals surface area (Å²) in [6, 6.07) is 6.28. The number of aromatic nitrogens is 3. The lowest BCUT2D eigenvalue weighted by Crippen LogP contribution is -2.39. The van der Waals surface area contributed by atoms with Crippen molar-refractivity contribution in [3.05, 3.63) is 30.1 Å². The van der Waals surface area contributed by atoms with Crippen LogP contribution in [-0.2, 0) is 0 Å². The van der Waals surface area contributed by atoms with Crippen molar-refractivity contribution in [3.8, 4) is 11.4 Å². The van der Waals surface area contributed by atoms with Crippen molar-refractivity contribution in [3.63, 3.8) is 0 Å². The van der Waals surface area contributed by atoms with Gasteiger partial charge in [0.05, 0.1) is 0 Å². The molecule has 0 bridgehead atoms. The van der Waals surface area contributed by atoms with Crippen molar-refractivity contribution in [2.75, 3.05) is 31.6 Å². The Hall–Kier alpha value is -1.95. The minimum Gasteiger partial charge on any atom is -0.339 e. The number of rotatable bonds is 4. The fourth-order valence-corrected chi connectivity index (χ4v) is 2.83. The molecule has 0 spiro atoms. The summed E-state index contributed by atoms with van der Waals surface area (Å²) in [5, 5.41) is 10.5. The van der Waals surface area contributed by atoms with Crippen molar-refractivity contribution in [1.82, 2.24) is 20.5 Å². The molecular formula is C15H20FN5. The van der Waals surface area contributed by atoms with Gasteiger partial charge in [-0.3, -0.25) is 5.10 Å². The first-order chi connectivity index (χ1) is 10.3. The molecule has 6 heteroatoms. The molecule has 3 rings (SSSR count). The minimum atomic E-state index is -0.246. The lowest BCUT2D eigenvalue weighted by atomic mass is 9.98. The molecule has 1 aliphatic heterocycles. The van der Waals surface area contributed by atoms with Crippen LogP contribution in [0.1, 0.15) is 12.8 Å². The van der Waals surface area contributed by atoms with Crippen LogP contribution in [-0.4, -0.2) is 41.9 Å². The summed E-state index contributed by atoms with van der Waals surface area (Å²) in [4.78, 5) is 6.76. The molecule has 1 aliphatic rings. The molecule has 5 nitrogen and oxygen atoms in total. The molecular weight excluding hydrogens is 269 g/mol. The van der Waals surface area contributed by atoms with Gasteiger partial charge >= 0.3 is 0 Å². The van der Waals surface area contributed by atoms with Crippen LogP contribution in [0.15, 0.2) is 24.3 Å². The highest BCUT2D eigenvalue weighted by atomic mass is 19.1. The van der Waals surface area contributed by atoms with E-state index in [0.29, 0.717) is 11.7 Å². The lowest BCUT2D eigenvalue weighted by Gasteiger charge is -2.31. The van der Waals surface area contributed by atoms with Gasteiger partial charge in [0.2, 0.25) is 5.95 Å². The quantitative estimate of drug-likeness (QED) is 0.904. The maximum atomic E-state index is 13.0. The Balaban J connectivity index is 1.73. The molecule has 0 amide bonds. The van der Waals surface area contributed by atoms with E-state index in [1.165, 1.54) is 18.6 Å². The molecule has 2 aromatic rings. The first-order valence-corrected chi connectivity index (χ1v) is 7.34. The van der Waals surface area contributed by atoms with Crippen LogP contribution in [0.3, 0.4) is 0 Å². The van der Waals surface area contributed by atoms with Crippen molar-refractivity contribution < 1.29 is 4.39 Å². The normalized spacial score (nSPS) is 19.0. The van der Waals surface area contributed by atoms with Gasteiger partial charge in [0, 0.05) is 18.7 Å². The third-order valence-electron chi connectivity index (χ3n) is 3.89. The van der Waals surface area contributed by atoms with Gasteiger partial charge in [0.15, 0.2) is 5.82 Å². The number of nitrogens with zero attached hydrogens (tertiary/aromatic N) is 3. The smallest absolute Gasteiger partial charge is 0.245 e. The van der Waals surface area contributed by atoms with Crippen LogP contribution >= 0.6 is 0 Å². The molecule has 1 atom stereocenters. The summed E-state index contributed by atoms with van der Waals surface area (Å²) < 4.78 is 13.0. The van der Waals surface area contributed by atoms with Crippen molar-refractivity contribution in [2.24, 2.45) is 5.92 Å². The highest BCUT2D eigenvalue weighted by molar-refractivity contribution is 5.56. The predicted octanol–water partition coefficient (Wildman–Crippen LogP) is 2.05. The van der Waals surface area contributed by atoms with Gasteiger partial charge in [-0.25, -0.2) is 4.39 Å². The highest BCUT2D eigenvalue weighted by Crippen LogP contribution is 2.22. The molecule has 2 heterocycles. The zero-order valence-electron chi connectivity index (χ0n) is 12.1. The molecule has 1 saturated heterocycles. The van der Waals surface area contributed by atoms with Crippen molar-refractivity contribution in [1.29, 1.82) is 0 Å². The largest absolute Gasteiger partial charge is 0.339 e. The molecule has 112 valence electrons. The fourth-order valence-electron chi connectivity index (χ4n) is 2.83. The van der Waals surface area contributed by atoms with Gasteiger partial charge in [-0.05, 0) is 56.6 Å². The summed E-state index contributed by atoms with van der Waals surface area (Å²) in [7, 11) is 1.98. The number of hydrogen-bond acceptors (Lipinski definition) is 4. The van der Waals surface area contributed by atoms with E-state index in [4.69, 9.17) is 0 Å². The van der Waals surface area contributed by atoms with E-state index in [2.05, 4.69) is 25.4 Å². The average Bonchev–Trinajstić information content (AvgIpc) is 2.98. The summed E-state index contributed by atoms with van der Waals surface area (Å²) in [5.74, 6) is 1.80. The Kier molecular flexibility index (Phi) is 4.15. The van der Waals surface area contributed by atoms with Gasteiger partial charge in [0.1, 0.15) is 5.82 Å². The molecule has 0 saturated carbocycles. The molecule has 1 aromatic carbocycles. The number of aromatic amines is 1. The highest BCUT2D eigenvalue weighted by Gasteiger charge is 2.22. The zero-order chi connectivity index (χ0) is 14.7. The Morgan fingerprint density at radius 3 is 2.95 bits per heavy atom. The van der Waals surface area contributed by atoms with Crippen molar-refractivity contribution >= 4 is 5.95 Å². The second-order valence-electron chi connectivity index (χ2n) is 5.50. The maximum absolute atomic E-state index is 13.0. The van der Waals surface area contributed by atoms with Crippen LogP contribution < -0.4 is 10.2 Å². The molecule has 1 unspecified atom stereocenters. The van der Waals surface area contributed by atoms with E-state index in [0.717, 1.165) is 37.6 Å². The van der Waals surface area contributed by atoms with E-state index in [1.807, 2.05) is 7.05 Å². The van der Waals surface area contributed by atoms with Gasteiger partial charge in [-0.2, -0.15) is 4.98 Å². The minimum absolute atomic E-state index is 0.246. The number of halogens is 1. The summed E-state index contributed by atoms with van der Waals surface area (Å²) >= 11 is 0. The molecule has 0 radical (unpaired) electrons. The topological polar surface area (TPSA) is 56.8 Å².